The lowest BCUT2D eigenvalue weighted by Crippen LogP contribution is -2.35. The van der Waals surface area contributed by atoms with Crippen molar-refractivity contribution in [2.24, 2.45) is 17.8 Å². The van der Waals surface area contributed by atoms with Crippen molar-refractivity contribution in [1.29, 1.82) is 0 Å². The molecule has 3 aromatic rings. The average molecular weight is 423 g/mol. The molecule has 3 heteroatoms. The summed E-state index contributed by atoms with van der Waals surface area (Å²) >= 11 is 0. The lowest BCUT2D eigenvalue weighted by Gasteiger charge is -2.43. The fourth-order valence-corrected chi connectivity index (χ4v) is 6.64. The minimum atomic E-state index is -0.0269. The van der Waals surface area contributed by atoms with Crippen LogP contribution in [0.15, 0.2) is 66.7 Å². The molecule has 2 aliphatic carbocycles. The Bertz CT molecular complexity index is 1190. The van der Waals surface area contributed by atoms with Crippen LogP contribution in [-0.2, 0) is 0 Å². The maximum Gasteiger partial charge on any atom is 0.255 e. The van der Waals surface area contributed by atoms with Crippen molar-refractivity contribution in [3.05, 3.63) is 94.5 Å². The quantitative estimate of drug-likeness (QED) is 0.484. The molecule has 6 rings (SSSR count). The SMILES string of the molecule is Cc1ccc(NC(=O)c2ccc3c(c2)[C@@H]2[C@H]4CC[C@@H](C4)[C@@H]2[C@H](c2ccccc2)N3)cc1C. The van der Waals surface area contributed by atoms with Crippen LogP contribution in [0.25, 0.3) is 0 Å². The second kappa shape index (κ2) is 7.51. The summed E-state index contributed by atoms with van der Waals surface area (Å²) in [6.45, 7) is 4.17. The number of hydrogen-bond donors (Lipinski definition) is 2. The zero-order valence-corrected chi connectivity index (χ0v) is 18.8. The van der Waals surface area contributed by atoms with E-state index in [1.165, 1.54) is 47.2 Å². The van der Waals surface area contributed by atoms with Gasteiger partial charge in [0, 0.05) is 16.9 Å². The molecule has 3 nitrogen and oxygen atoms in total. The van der Waals surface area contributed by atoms with E-state index in [1.54, 1.807) is 0 Å². The van der Waals surface area contributed by atoms with Gasteiger partial charge in [0.05, 0.1) is 6.04 Å². The van der Waals surface area contributed by atoms with E-state index < -0.39 is 0 Å². The first-order chi connectivity index (χ1) is 15.6. The van der Waals surface area contributed by atoms with Gasteiger partial charge in [-0.3, -0.25) is 4.79 Å². The number of nitrogens with one attached hydrogen (secondary N) is 2. The monoisotopic (exact) mass is 422 g/mol. The van der Waals surface area contributed by atoms with Crippen molar-refractivity contribution in [2.75, 3.05) is 10.6 Å². The number of aryl methyl sites for hydroxylation is 2. The highest BCUT2D eigenvalue weighted by Gasteiger charge is 2.53. The Balaban J connectivity index is 1.34. The number of carbonyl (C=O) groups excluding carboxylic acids is 1. The van der Waals surface area contributed by atoms with Crippen molar-refractivity contribution in [3.8, 4) is 0 Å². The number of anilines is 2. The Labute approximate surface area is 190 Å². The Hall–Kier alpha value is -3.07. The Morgan fingerprint density at radius 2 is 1.72 bits per heavy atom. The van der Waals surface area contributed by atoms with Gasteiger partial charge >= 0.3 is 0 Å². The van der Waals surface area contributed by atoms with Gasteiger partial charge in [-0.05, 0) is 109 Å². The molecule has 162 valence electrons. The predicted molar refractivity (Wildman–Crippen MR) is 130 cm³/mol. The Kier molecular flexibility index (Phi) is 4.60. The van der Waals surface area contributed by atoms with E-state index in [1.807, 2.05) is 18.2 Å². The van der Waals surface area contributed by atoms with Crippen LogP contribution in [0.2, 0.25) is 0 Å². The average Bonchev–Trinajstić information content (AvgIpc) is 3.44. The topological polar surface area (TPSA) is 41.1 Å². The molecule has 1 amide bonds. The Morgan fingerprint density at radius 1 is 0.906 bits per heavy atom. The van der Waals surface area contributed by atoms with Crippen molar-refractivity contribution in [3.63, 3.8) is 0 Å². The van der Waals surface area contributed by atoms with Gasteiger partial charge in [-0.2, -0.15) is 0 Å². The molecule has 2 fully saturated rings. The molecule has 3 aromatic carbocycles. The highest BCUT2D eigenvalue weighted by molar-refractivity contribution is 6.04. The normalized spacial score (nSPS) is 27.4. The summed E-state index contributed by atoms with van der Waals surface area (Å²) in [7, 11) is 0. The largest absolute Gasteiger partial charge is 0.378 e. The highest BCUT2D eigenvalue weighted by atomic mass is 16.1. The van der Waals surface area contributed by atoms with E-state index in [0.717, 1.165) is 23.1 Å². The van der Waals surface area contributed by atoms with Gasteiger partial charge < -0.3 is 10.6 Å². The van der Waals surface area contributed by atoms with Crippen LogP contribution in [0.1, 0.15) is 63.8 Å². The summed E-state index contributed by atoms with van der Waals surface area (Å²) in [5.74, 6) is 2.66. The fourth-order valence-electron chi connectivity index (χ4n) is 6.64. The van der Waals surface area contributed by atoms with Crippen LogP contribution in [-0.4, -0.2) is 5.91 Å². The fraction of sp³-hybridized carbons (Fsp3) is 0.345. The lowest BCUT2D eigenvalue weighted by molar-refractivity contribution is 0.102. The maximum absolute atomic E-state index is 13.1. The molecule has 1 aliphatic heterocycles. The summed E-state index contributed by atoms with van der Waals surface area (Å²) in [6.07, 6.45) is 4.00. The molecule has 0 radical (unpaired) electrons. The Morgan fingerprint density at radius 3 is 2.53 bits per heavy atom. The molecule has 2 saturated carbocycles. The molecule has 0 unspecified atom stereocenters. The molecule has 2 N–H and O–H groups in total. The zero-order valence-electron chi connectivity index (χ0n) is 18.8. The number of rotatable bonds is 3. The highest BCUT2D eigenvalue weighted by Crippen LogP contribution is 2.63. The van der Waals surface area contributed by atoms with Gasteiger partial charge in [-0.25, -0.2) is 0 Å². The van der Waals surface area contributed by atoms with Gasteiger partial charge in [0.2, 0.25) is 0 Å². The van der Waals surface area contributed by atoms with Crippen LogP contribution < -0.4 is 10.6 Å². The molecular formula is C29H30N2O. The lowest BCUT2D eigenvalue weighted by atomic mass is 9.68. The van der Waals surface area contributed by atoms with Crippen LogP contribution >= 0.6 is 0 Å². The van der Waals surface area contributed by atoms with E-state index in [9.17, 15) is 4.79 Å². The van der Waals surface area contributed by atoms with Gasteiger partial charge in [0.25, 0.3) is 5.91 Å². The number of amides is 1. The van der Waals surface area contributed by atoms with Crippen molar-refractivity contribution < 1.29 is 4.79 Å². The van der Waals surface area contributed by atoms with E-state index in [2.05, 4.69) is 73.0 Å². The second-order valence-corrected chi connectivity index (χ2v) is 10.0. The summed E-state index contributed by atoms with van der Waals surface area (Å²) in [6, 6.07) is 23.6. The van der Waals surface area contributed by atoms with E-state index in [-0.39, 0.29) is 5.91 Å². The molecule has 5 atom stereocenters. The molecule has 0 spiro atoms. The number of benzene rings is 3. The number of fused-ring (bicyclic) bond motifs is 7. The van der Waals surface area contributed by atoms with Gasteiger partial charge in [-0.1, -0.05) is 36.4 Å². The smallest absolute Gasteiger partial charge is 0.255 e. The third-order valence-corrected chi connectivity index (χ3v) is 8.27. The predicted octanol–water partition coefficient (Wildman–Crippen LogP) is 6.85. The first kappa shape index (κ1) is 19.6. The van der Waals surface area contributed by atoms with Gasteiger partial charge in [-0.15, -0.1) is 0 Å². The maximum atomic E-state index is 13.1. The zero-order chi connectivity index (χ0) is 21.8. The van der Waals surface area contributed by atoms with Gasteiger partial charge in [0.15, 0.2) is 0 Å². The molecule has 0 saturated heterocycles. The third kappa shape index (κ3) is 3.14. The molecule has 0 aromatic heterocycles. The minimum Gasteiger partial charge on any atom is -0.378 e. The molecule has 2 bridgehead atoms. The van der Waals surface area contributed by atoms with Crippen LogP contribution in [0.5, 0.6) is 0 Å². The van der Waals surface area contributed by atoms with E-state index >= 15 is 0 Å². The van der Waals surface area contributed by atoms with Crippen molar-refractivity contribution >= 4 is 17.3 Å². The minimum absolute atomic E-state index is 0.0269. The molecule has 3 aliphatic rings. The van der Waals surface area contributed by atoms with Gasteiger partial charge in [0.1, 0.15) is 0 Å². The van der Waals surface area contributed by atoms with Crippen molar-refractivity contribution in [1.82, 2.24) is 0 Å². The van der Waals surface area contributed by atoms with Crippen molar-refractivity contribution in [2.45, 2.75) is 45.1 Å². The molecule has 32 heavy (non-hydrogen) atoms. The summed E-state index contributed by atoms with van der Waals surface area (Å²) in [4.78, 5) is 13.1. The summed E-state index contributed by atoms with van der Waals surface area (Å²) in [5.41, 5.74) is 7.97. The number of carbonyl (C=O) groups is 1. The van der Waals surface area contributed by atoms with E-state index in [0.29, 0.717) is 17.9 Å². The second-order valence-electron chi connectivity index (χ2n) is 10.0. The summed E-state index contributed by atoms with van der Waals surface area (Å²) in [5, 5.41) is 6.97. The van der Waals surface area contributed by atoms with Crippen LogP contribution in [0, 0.1) is 31.6 Å². The summed E-state index contributed by atoms with van der Waals surface area (Å²) < 4.78 is 0. The van der Waals surface area contributed by atoms with Crippen LogP contribution in [0.4, 0.5) is 11.4 Å². The van der Waals surface area contributed by atoms with E-state index in [4.69, 9.17) is 0 Å². The molecule has 1 heterocycles. The number of hydrogen-bond acceptors (Lipinski definition) is 2. The first-order valence-corrected chi connectivity index (χ1v) is 11.9. The first-order valence-electron chi connectivity index (χ1n) is 11.9. The standard InChI is InChI=1S/C29H30N2O/c1-17-8-12-23(14-18(17)2)30-29(32)22-11-13-25-24(16-22)26-20-9-10-21(15-20)27(26)28(31-25)19-6-4-3-5-7-19/h3-8,11-14,16,20-21,26-28,31H,9-10,15H2,1-2H3,(H,30,32)/t20-,21-,26-,27-,28-/m0/s1. The van der Waals surface area contributed by atoms with Crippen LogP contribution in [0.3, 0.4) is 0 Å². The molecular weight excluding hydrogens is 392 g/mol. The third-order valence-electron chi connectivity index (χ3n) is 8.27.